The summed E-state index contributed by atoms with van der Waals surface area (Å²) in [6, 6.07) is 9.39. The van der Waals surface area contributed by atoms with Gasteiger partial charge in [0.05, 0.1) is 48.6 Å². The van der Waals surface area contributed by atoms with Gasteiger partial charge in [0.25, 0.3) is 0 Å². The van der Waals surface area contributed by atoms with Crippen LogP contribution in [-0.4, -0.2) is 115 Å². The van der Waals surface area contributed by atoms with Gasteiger partial charge < -0.3 is 29.6 Å². The minimum absolute atomic E-state index is 0.435. The van der Waals surface area contributed by atoms with Gasteiger partial charge in [-0.25, -0.2) is 4.98 Å². The summed E-state index contributed by atoms with van der Waals surface area (Å²) in [6.45, 7) is 16.1. The number of ether oxygens (including phenoxy) is 2. The van der Waals surface area contributed by atoms with Crippen LogP contribution in [0.1, 0.15) is 30.9 Å². The van der Waals surface area contributed by atoms with Gasteiger partial charge in [-0.3, -0.25) is 19.8 Å². The van der Waals surface area contributed by atoms with Crippen LogP contribution in [0.4, 0.5) is 28.8 Å². The molecule has 3 fully saturated rings. The van der Waals surface area contributed by atoms with Crippen molar-refractivity contribution in [2.45, 2.75) is 45.2 Å². The molecule has 0 spiro atoms. The van der Waals surface area contributed by atoms with Gasteiger partial charge in [-0.15, -0.1) is 0 Å². The van der Waals surface area contributed by atoms with Crippen molar-refractivity contribution in [1.82, 2.24) is 29.7 Å². The maximum absolute atomic E-state index is 13.5. The lowest BCUT2D eigenvalue weighted by atomic mass is 9.99. The summed E-state index contributed by atoms with van der Waals surface area (Å²) in [5.41, 5.74) is 6.19. The minimum atomic E-state index is -2.72. The Kier molecular flexibility index (Phi) is 9.75. The number of aromatic nitrogens is 4. The van der Waals surface area contributed by atoms with Crippen molar-refractivity contribution in [3.8, 4) is 5.75 Å². The van der Waals surface area contributed by atoms with Crippen LogP contribution in [0.15, 0.2) is 42.9 Å². The van der Waals surface area contributed by atoms with Crippen LogP contribution in [0, 0.1) is 6.92 Å². The quantitative estimate of drug-likeness (QED) is 0.218. The summed E-state index contributed by atoms with van der Waals surface area (Å²) < 4.78 is 24.8. The van der Waals surface area contributed by atoms with E-state index in [0.29, 0.717) is 45.9 Å². The largest absolute Gasteiger partial charge is 0.494 e. The van der Waals surface area contributed by atoms with E-state index in [4.69, 9.17) is 14.5 Å². The zero-order valence-electron chi connectivity index (χ0n) is 29.3. The molecule has 2 aromatic carbocycles. The number of hydrogen-bond donors (Lipinski definition) is 2. The van der Waals surface area contributed by atoms with Gasteiger partial charge in [0.1, 0.15) is 24.2 Å². The monoisotopic (exact) mass is 685 g/mol. The van der Waals surface area contributed by atoms with Gasteiger partial charge >= 0.3 is 0 Å². The van der Waals surface area contributed by atoms with Gasteiger partial charge in [-0.1, -0.05) is 6.92 Å². The molecule has 0 unspecified atom stereocenters. The summed E-state index contributed by atoms with van der Waals surface area (Å²) >= 11 is 0. The standard InChI is InChI=1S/C36H48N9O3P/c1-6-25-19-30(32(47-3)20-31(25)45-13-9-26(10-14-45)43-15-17-44(18-16-43)27-22-48-23-27)41-36-39-21-24(2)35(42-36)40-29-8-7-28-33(38-12-11-37-28)34(29)49(4,5)46/h7-8,11-12,19-21,26-27H,6,9-10,13-18,22-23H2,1-5H3,(H2,39,40,41,42). The molecule has 4 aromatic rings. The lowest BCUT2D eigenvalue weighted by Crippen LogP contribution is -2.59. The molecular weight excluding hydrogens is 637 g/mol. The Morgan fingerprint density at radius 2 is 1.63 bits per heavy atom. The predicted octanol–water partition coefficient (Wildman–Crippen LogP) is 5.02. The van der Waals surface area contributed by atoms with Gasteiger partial charge in [-0.2, -0.15) is 4.98 Å². The molecule has 5 heterocycles. The van der Waals surface area contributed by atoms with Gasteiger partial charge in [-0.05, 0) is 63.3 Å². The molecule has 0 bridgehead atoms. The van der Waals surface area contributed by atoms with Crippen molar-refractivity contribution in [3.05, 3.63) is 54.0 Å². The molecule has 3 saturated heterocycles. The molecule has 12 nitrogen and oxygen atoms in total. The first-order chi connectivity index (χ1) is 23.7. The molecular formula is C36H48N9O3P. The number of benzene rings is 2. The number of fused-ring (bicyclic) bond motifs is 1. The van der Waals surface area contributed by atoms with Crippen LogP contribution in [-0.2, 0) is 15.7 Å². The Bertz CT molecular complexity index is 1850. The molecule has 3 aliphatic heterocycles. The number of nitrogens with zero attached hydrogens (tertiary/aromatic N) is 7. The van der Waals surface area contributed by atoms with Crippen LogP contribution >= 0.6 is 7.14 Å². The number of methoxy groups -OCH3 is 1. The Hall–Kier alpha value is -3.83. The zero-order valence-corrected chi connectivity index (χ0v) is 30.2. The second-order valence-corrected chi connectivity index (χ2v) is 16.9. The number of piperidine rings is 1. The summed E-state index contributed by atoms with van der Waals surface area (Å²) in [6.07, 6.45) is 8.28. The second-order valence-electron chi connectivity index (χ2n) is 13.7. The number of hydrogen-bond acceptors (Lipinski definition) is 12. The average Bonchev–Trinajstić information content (AvgIpc) is 3.08. The lowest BCUT2D eigenvalue weighted by Gasteiger charge is -2.46. The SMILES string of the molecule is CCc1cc(Nc2ncc(C)c(Nc3ccc4nccnc4c3P(C)(C)=O)n2)c(OC)cc1N1CCC(N2CCN(C3COC3)CC2)CC1. The third-order valence-electron chi connectivity index (χ3n) is 10.2. The Labute approximate surface area is 289 Å². The minimum Gasteiger partial charge on any atom is -0.494 e. The lowest BCUT2D eigenvalue weighted by molar-refractivity contribution is -0.0803. The highest BCUT2D eigenvalue weighted by Crippen LogP contribution is 2.41. The molecule has 2 aromatic heterocycles. The molecule has 49 heavy (non-hydrogen) atoms. The zero-order chi connectivity index (χ0) is 34.1. The van der Waals surface area contributed by atoms with E-state index in [9.17, 15) is 4.57 Å². The number of nitrogens with one attached hydrogen (secondary N) is 2. The highest BCUT2D eigenvalue weighted by atomic mass is 31.2. The molecule has 13 heteroatoms. The van der Waals surface area contributed by atoms with Gasteiger partial charge in [0.2, 0.25) is 5.95 Å². The Morgan fingerprint density at radius 1 is 0.918 bits per heavy atom. The van der Waals surface area contributed by atoms with E-state index < -0.39 is 7.14 Å². The molecule has 0 atom stereocenters. The number of piperazine rings is 1. The highest BCUT2D eigenvalue weighted by molar-refractivity contribution is 7.71. The number of aryl methyl sites for hydroxylation is 2. The number of anilines is 5. The number of rotatable bonds is 10. The van der Waals surface area contributed by atoms with Gasteiger partial charge in [0, 0.05) is 81.2 Å². The molecule has 3 aliphatic rings. The van der Waals surface area contributed by atoms with Crippen molar-refractivity contribution in [3.63, 3.8) is 0 Å². The summed E-state index contributed by atoms with van der Waals surface area (Å²) in [4.78, 5) is 26.2. The molecule has 0 amide bonds. The van der Waals surface area contributed by atoms with E-state index in [2.05, 4.69) is 59.3 Å². The summed E-state index contributed by atoms with van der Waals surface area (Å²) in [5, 5.41) is 7.51. The molecule has 0 saturated carbocycles. The van der Waals surface area contributed by atoms with Crippen LogP contribution in [0.3, 0.4) is 0 Å². The fraction of sp³-hybridized carbons (Fsp3) is 0.500. The average molecular weight is 686 g/mol. The first kappa shape index (κ1) is 33.7. The van der Waals surface area contributed by atoms with Crippen molar-refractivity contribution in [2.24, 2.45) is 0 Å². The molecule has 0 aliphatic carbocycles. The van der Waals surface area contributed by atoms with Gasteiger partial charge in [0.15, 0.2) is 0 Å². The first-order valence-electron chi connectivity index (χ1n) is 17.4. The maximum atomic E-state index is 13.5. The fourth-order valence-corrected chi connectivity index (χ4v) is 8.77. The first-order valence-corrected chi connectivity index (χ1v) is 20.0. The third kappa shape index (κ3) is 7.10. The molecule has 2 N–H and O–H groups in total. The molecule has 0 radical (unpaired) electrons. The van der Waals surface area contributed by atoms with Crippen LogP contribution < -0.4 is 25.6 Å². The van der Waals surface area contributed by atoms with E-state index in [1.54, 1.807) is 39.0 Å². The van der Waals surface area contributed by atoms with Crippen molar-refractivity contribution >= 4 is 52.3 Å². The summed E-state index contributed by atoms with van der Waals surface area (Å²) in [5.74, 6) is 1.80. The van der Waals surface area contributed by atoms with E-state index in [0.717, 1.165) is 75.9 Å². The van der Waals surface area contributed by atoms with E-state index in [1.807, 2.05) is 19.1 Å². The van der Waals surface area contributed by atoms with Crippen molar-refractivity contribution in [1.29, 1.82) is 0 Å². The van der Waals surface area contributed by atoms with E-state index in [-0.39, 0.29) is 0 Å². The normalized spacial score (nSPS) is 18.4. The van der Waals surface area contributed by atoms with Crippen LogP contribution in [0.5, 0.6) is 5.75 Å². The smallest absolute Gasteiger partial charge is 0.229 e. The molecule has 7 rings (SSSR count). The van der Waals surface area contributed by atoms with Crippen LogP contribution in [0.25, 0.3) is 11.0 Å². The third-order valence-corrected chi connectivity index (χ3v) is 11.7. The van der Waals surface area contributed by atoms with Crippen molar-refractivity contribution < 1.29 is 14.0 Å². The van der Waals surface area contributed by atoms with Crippen LogP contribution in [0.2, 0.25) is 0 Å². The maximum Gasteiger partial charge on any atom is 0.229 e. The van der Waals surface area contributed by atoms with Crippen molar-refractivity contribution in [2.75, 3.05) is 88.5 Å². The van der Waals surface area contributed by atoms with E-state index >= 15 is 0 Å². The summed E-state index contributed by atoms with van der Waals surface area (Å²) in [7, 11) is -1.02. The Balaban J connectivity index is 1.06. The Morgan fingerprint density at radius 3 is 2.29 bits per heavy atom. The van der Waals surface area contributed by atoms with E-state index in [1.165, 1.54) is 24.1 Å². The fourth-order valence-electron chi connectivity index (χ4n) is 7.38. The highest BCUT2D eigenvalue weighted by Gasteiger charge is 2.33. The molecule has 260 valence electrons. The second kappa shape index (κ2) is 14.2. The topological polar surface area (TPSA) is 121 Å². The predicted molar refractivity (Wildman–Crippen MR) is 197 cm³/mol.